The third-order valence-corrected chi connectivity index (χ3v) is 3.66. The molecule has 2 aromatic rings. The maximum absolute atomic E-state index is 12.1. The summed E-state index contributed by atoms with van der Waals surface area (Å²) in [5.74, 6) is 1.60. The van der Waals surface area contributed by atoms with Gasteiger partial charge in [0.25, 0.3) is 0 Å². The number of carbonyl (C=O) groups is 1. The lowest BCUT2D eigenvalue weighted by molar-refractivity contribution is -0.116. The van der Waals surface area contributed by atoms with Crippen molar-refractivity contribution >= 4 is 17.4 Å². The summed E-state index contributed by atoms with van der Waals surface area (Å²) in [7, 11) is 0. The number of amides is 1. The van der Waals surface area contributed by atoms with Gasteiger partial charge in [-0.05, 0) is 30.7 Å². The van der Waals surface area contributed by atoms with Crippen LogP contribution in [0.4, 0.5) is 5.69 Å². The van der Waals surface area contributed by atoms with Crippen LogP contribution in [0.3, 0.4) is 0 Å². The summed E-state index contributed by atoms with van der Waals surface area (Å²) in [5.41, 5.74) is 1.76. The van der Waals surface area contributed by atoms with Crippen LogP contribution < -0.4 is 15.4 Å². The number of ether oxygens (including phenoxy) is 1. The molecular weight excluding hydrogens is 302 g/mol. The lowest BCUT2D eigenvalue weighted by Crippen LogP contribution is -2.30. The number of nitrogens with zero attached hydrogens (tertiary/aromatic N) is 1. The average Bonchev–Trinajstić information content (AvgIpc) is 2.63. The van der Waals surface area contributed by atoms with Crippen molar-refractivity contribution in [2.24, 2.45) is 4.99 Å². The number of amidine groups is 1. The number of anilines is 1. The van der Waals surface area contributed by atoms with Crippen molar-refractivity contribution < 1.29 is 9.53 Å². The highest BCUT2D eigenvalue weighted by Crippen LogP contribution is 2.13. The number of benzene rings is 2. The van der Waals surface area contributed by atoms with Gasteiger partial charge in [0.1, 0.15) is 11.6 Å². The summed E-state index contributed by atoms with van der Waals surface area (Å²) in [5, 5.41) is 6.19. The van der Waals surface area contributed by atoms with Gasteiger partial charge >= 0.3 is 0 Å². The Kier molecular flexibility index (Phi) is 5.45. The Morgan fingerprint density at radius 2 is 2.04 bits per heavy atom. The fourth-order valence-corrected chi connectivity index (χ4v) is 2.47. The molecule has 0 aromatic heterocycles. The second-order valence-electron chi connectivity index (χ2n) is 5.55. The third-order valence-electron chi connectivity index (χ3n) is 3.66. The summed E-state index contributed by atoms with van der Waals surface area (Å²) in [6.07, 6.45) is 1.36. The van der Waals surface area contributed by atoms with Gasteiger partial charge in [-0.25, -0.2) is 0 Å². The molecule has 0 spiro atoms. The van der Waals surface area contributed by atoms with Crippen molar-refractivity contribution in [3.8, 4) is 5.75 Å². The zero-order valence-electron chi connectivity index (χ0n) is 13.5. The molecule has 3 rings (SSSR count). The highest BCUT2D eigenvalue weighted by molar-refractivity contribution is 6.00. The van der Waals surface area contributed by atoms with E-state index in [-0.39, 0.29) is 5.91 Å². The first-order valence-corrected chi connectivity index (χ1v) is 8.18. The van der Waals surface area contributed by atoms with Crippen LogP contribution in [0.25, 0.3) is 0 Å². The molecule has 0 aliphatic carbocycles. The van der Waals surface area contributed by atoms with Crippen molar-refractivity contribution in [2.75, 3.05) is 25.0 Å². The van der Waals surface area contributed by atoms with Gasteiger partial charge in [0.05, 0.1) is 13.0 Å². The van der Waals surface area contributed by atoms with E-state index in [2.05, 4.69) is 15.6 Å². The van der Waals surface area contributed by atoms with Crippen LogP contribution >= 0.6 is 0 Å². The van der Waals surface area contributed by atoms with E-state index < -0.39 is 0 Å². The van der Waals surface area contributed by atoms with E-state index in [0.29, 0.717) is 13.0 Å². The molecule has 1 amide bonds. The smallest absolute Gasteiger partial charge is 0.227 e. The maximum Gasteiger partial charge on any atom is 0.227 e. The third kappa shape index (κ3) is 4.59. The molecule has 2 N–H and O–H groups in total. The Morgan fingerprint density at radius 3 is 2.83 bits per heavy atom. The van der Waals surface area contributed by atoms with Gasteiger partial charge in [0, 0.05) is 24.3 Å². The van der Waals surface area contributed by atoms with E-state index in [1.54, 1.807) is 0 Å². The molecule has 124 valence electrons. The fourth-order valence-electron chi connectivity index (χ4n) is 2.47. The Balaban J connectivity index is 1.52. The molecule has 1 aliphatic rings. The highest BCUT2D eigenvalue weighted by atomic mass is 16.5. The number of rotatable bonds is 6. The second-order valence-corrected chi connectivity index (χ2v) is 5.55. The minimum atomic E-state index is -0.0679. The van der Waals surface area contributed by atoms with Gasteiger partial charge in [-0.1, -0.05) is 30.3 Å². The van der Waals surface area contributed by atoms with E-state index >= 15 is 0 Å². The predicted molar refractivity (Wildman–Crippen MR) is 95.6 cm³/mol. The lowest BCUT2D eigenvalue weighted by atomic mass is 10.1. The van der Waals surface area contributed by atoms with Gasteiger partial charge in [0.15, 0.2) is 0 Å². The Bertz CT molecular complexity index is 714. The summed E-state index contributed by atoms with van der Waals surface area (Å²) in [6, 6.07) is 17.2. The molecule has 2 aromatic carbocycles. The molecular formula is C19H21N3O2. The van der Waals surface area contributed by atoms with E-state index in [1.165, 1.54) is 0 Å². The van der Waals surface area contributed by atoms with Gasteiger partial charge < -0.3 is 15.4 Å². The first kappa shape index (κ1) is 16.1. The molecule has 24 heavy (non-hydrogen) atoms. The first-order valence-electron chi connectivity index (χ1n) is 8.18. The van der Waals surface area contributed by atoms with Crippen molar-refractivity contribution in [3.05, 3.63) is 60.2 Å². The molecule has 1 aliphatic heterocycles. The standard InChI is InChI=1S/C19H21N3O2/c23-18(10-13-24-17-8-2-1-3-9-17)22-16-7-4-6-15(14-16)19-20-11-5-12-21-19/h1-4,6-9,14H,5,10-13H2,(H,20,21)(H,22,23). The Labute approximate surface area is 141 Å². The van der Waals surface area contributed by atoms with Crippen LogP contribution in [0.1, 0.15) is 18.4 Å². The number of para-hydroxylation sites is 1. The molecule has 0 unspecified atom stereocenters. The zero-order valence-corrected chi connectivity index (χ0v) is 13.5. The number of nitrogens with one attached hydrogen (secondary N) is 2. The van der Waals surface area contributed by atoms with Crippen molar-refractivity contribution in [1.29, 1.82) is 0 Å². The zero-order chi connectivity index (χ0) is 16.6. The summed E-state index contributed by atoms with van der Waals surface area (Å²) in [6.45, 7) is 2.13. The van der Waals surface area contributed by atoms with Gasteiger partial charge in [-0.2, -0.15) is 0 Å². The number of carbonyl (C=O) groups excluding carboxylic acids is 1. The van der Waals surface area contributed by atoms with Gasteiger partial charge in [0.2, 0.25) is 5.91 Å². The Morgan fingerprint density at radius 1 is 1.17 bits per heavy atom. The predicted octanol–water partition coefficient (Wildman–Crippen LogP) is 2.83. The number of hydrogen-bond donors (Lipinski definition) is 2. The second kappa shape index (κ2) is 8.15. The highest BCUT2D eigenvalue weighted by Gasteiger charge is 2.09. The molecule has 0 radical (unpaired) electrons. The largest absolute Gasteiger partial charge is 0.493 e. The van der Waals surface area contributed by atoms with E-state index in [0.717, 1.165) is 42.3 Å². The molecule has 5 nitrogen and oxygen atoms in total. The van der Waals surface area contributed by atoms with Gasteiger partial charge in [-0.3, -0.25) is 9.79 Å². The van der Waals surface area contributed by atoms with Crippen molar-refractivity contribution in [1.82, 2.24) is 5.32 Å². The molecule has 1 heterocycles. The Hall–Kier alpha value is -2.82. The molecule has 0 atom stereocenters. The summed E-state index contributed by atoms with van der Waals surface area (Å²) < 4.78 is 5.54. The molecule has 0 saturated carbocycles. The van der Waals surface area contributed by atoms with Crippen molar-refractivity contribution in [2.45, 2.75) is 12.8 Å². The van der Waals surface area contributed by atoms with Crippen LogP contribution in [0, 0.1) is 0 Å². The quantitative estimate of drug-likeness (QED) is 0.859. The monoisotopic (exact) mass is 323 g/mol. The molecule has 0 saturated heterocycles. The fraction of sp³-hybridized carbons (Fsp3) is 0.263. The average molecular weight is 323 g/mol. The van der Waals surface area contributed by atoms with Crippen LogP contribution in [-0.2, 0) is 4.79 Å². The topological polar surface area (TPSA) is 62.7 Å². The van der Waals surface area contributed by atoms with Crippen molar-refractivity contribution in [3.63, 3.8) is 0 Å². The maximum atomic E-state index is 12.1. The van der Waals surface area contributed by atoms with Crippen LogP contribution in [-0.4, -0.2) is 31.4 Å². The van der Waals surface area contributed by atoms with Crippen LogP contribution in [0.15, 0.2) is 59.6 Å². The van der Waals surface area contributed by atoms with Crippen LogP contribution in [0.2, 0.25) is 0 Å². The molecule has 0 bridgehead atoms. The van der Waals surface area contributed by atoms with Crippen LogP contribution in [0.5, 0.6) is 5.75 Å². The minimum Gasteiger partial charge on any atom is -0.493 e. The SMILES string of the molecule is O=C(CCOc1ccccc1)Nc1cccc(C2=NCCCN2)c1. The normalized spacial score (nSPS) is 13.6. The minimum absolute atomic E-state index is 0.0679. The van der Waals surface area contributed by atoms with E-state index in [9.17, 15) is 4.79 Å². The molecule has 0 fully saturated rings. The van der Waals surface area contributed by atoms with E-state index in [4.69, 9.17) is 4.74 Å². The summed E-state index contributed by atoms with van der Waals surface area (Å²) >= 11 is 0. The molecule has 5 heteroatoms. The number of aliphatic imine (C=N–C) groups is 1. The van der Waals surface area contributed by atoms with E-state index in [1.807, 2.05) is 54.6 Å². The first-order chi connectivity index (χ1) is 11.8. The number of hydrogen-bond acceptors (Lipinski definition) is 4. The lowest BCUT2D eigenvalue weighted by Gasteiger charge is -2.15. The van der Waals surface area contributed by atoms with Gasteiger partial charge in [-0.15, -0.1) is 0 Å². The summed E-state index contributed by atoms with van der Waals surface area (Å²) in [4.78, 5) is 16.5.